The second-order valence-electron chi connectivity index (χ2n) is 18.4. The molecule has 1 aromatic carbocycles. The van der Waals surface area contributed by atoms with Crippen molar-refractivity contribution in [2.45, 2.75) is 91.9 Å². The first-order valence-electron chi connectivity index (χ1n) is 25.7. The highest BCUT2D eigenvalue weighted by atomic mass is 16.5. The molecule has 0 radical (unpaired) electrons. The van der Waals surface area contributed by atoms with E-state index in [0.29, 0.717) is 29.1 Å². The van der Waals surface area contributed by atoms with E-state index < -0.39 is 103 Å². The van der Waals surface area contributed by atoms with E-state index in [-0.39, 0.29) is 107 Å². The molecule has 7 rings (SSSR count). The van der Waals surface area contributed by atoms with Crippen LogP contribution in [-0.2, 0) is 64.2 Å². The van der Waals surface area contributed by atoms with Gasteiger partial charge in [0.25, 0.3) is 23.6 Å². The van der Waals surface area contributed by atoms with E-state index in [4.69, 9.17) is 34.9 Å². The molecule has 10 N–H and O–H groups in total. The molecule has 83 heavy (non-hydrogen) atoms. The number of primary amides is 2. The number of rotatable bonds is 28. The van der Waals surface area contributed by atoms with Crippen molar-refractivity contribution in [1.82, 2.24) is 54.9 Å². The van der Waals surface area contributed by atoms with E-state index in [9.17, 15) is 52.7 Å². The summed E-state index contributed by atoms with van der Waals surface area (Å²) < 4.78 is 25.9. The number of nitrogens with one attached hydrogen (secondary N) is 5. The molecule has 2 atom stereocenters. The van der Waals surface area contributed by atoms with Crippen LogP contribution in [0.3, 0.4) is 0 Å². The molecular formula is C52H57N15O16. The Balaban J connectivity index is 1.04. The number of carboxylic acid groups (broad SMARTS) is 1. The number of carboxylic acids is 1. The molecule has 5 aromatic heterocycles. The summed E-state index contributed by atoms with van der Waals surface area (Å²) in [4.78, 5) is 161. The Morgan fingerprint density at radius 3 is 1.92 bits per heavy atom. The normalized spacial score (nSPS) is 12.9. The van der Waals surface area contributed by atoms with Crippen LogP contribution in [0.2, 0.25) is 0 Å². The minimum absolute atomic E-state index is 0.0109. The van der Waals surface area contributed by atoms with E-state index in [0.717, 1.165) is 12.2 Å². The van der Waals surface area contributed by atoms with Crippen molar-refractivity contribution in [1.29, 1.82) is 0 Å². The molecule has 1 aliphatic rings. The number of amides is 9. The van der Waals surface area contributed by atoms with Crippen molar-refractivity contribution in [2.75, 3.05) is 36.9 Å². The Kier molecular flexibility index (Phi) is 19.2. The van der Waals surface area contributed by atoms with Crippen LogP contribution >= 0.6 is 0 Å². The van der Waals surface area contributed by atoms with Crippen molar-refractivity contribution in [3.05, 3.63) is 94.5 Å². The summed E-state index contributed by atoms with van der Waals surface area (Å²) in [5, 5.41) is 21.6. The third-order valence-electron chi connectivity index (χ3n) is 12.3. The number of carbonyl (C=O) groups is 11. The number of nitrogens with two attached hydrogens (primary N) is 2. The zero-order valence-corrected chi connectivity index (χ0v) is 45.4. The maximum atomic E-state index is 13.8. The van der Waals surface area contributed by atoms with Crippen molar-refractivity contribution in [2.24, 2.45) is 11.5 Å². The van der Waals surface area contributed by atoms with E-state index in [1.807, 2.05) is 6.92 Å². The molecule has 31 nitrogen and oxygen atoms in total. The van der Waals surface area contributed by atoms with Gasteiger partial charge in [-0.25, -0.2) is 29.7 Å². The van der Waals surface area contributed by atoms with Gasteiger partial charge in [0.1, 0.15) is 35.4 Å². The van der Waals surface area contributed by atoms with E-state index in [2.05, 4.69) is 51.5 Å². The SMILES string of the molecule is CCc1nc(C)oc1C(=O)Nc1nc2cc(C(N)=O)cnc2n1C/C=C/Cn1c(NC(=O)c2oc(C)nc2CC)nc2cc(C(N)=O)cc(OCCCOC(=O)[C@@H](C)NC(=O)CNC(=O)[C@H](CCC(=O)O)NC(=O)CN3C(=O)C=CC3=O)c21. The van der Waals surface area contributed by atoms with Gasteiger partial charge in [-0.2, -0.15) is 0 Å². The van der Waals surface area contributed by atoms with Gasteiger partial charge in [-0.1, -0.05) is 26.0 Å². The number of hydrogen-bond acceptors (Lipinski definition) is 20. The zero-order chi connectivity index (χ0) is 60.2. The fourth-order valence-corrected chi connectivity index (χ4v) is 8.31. The number of aromatic nitrogens is 7. The molecule has 6 heterocycles. The molecule has 0 aliphatic carbocycles. The molecule has 0 spiro atoms. The molecular weight excluding hydrogens is 1090 g/mol. The van der Waals surface area contributed by atoms with Crippen LogP contribution in [0.15, 0.2) is 57.5 Å². The summed E-state index contributed by atoms with van der Waals surface area (Å²) in [6, 6.07) is 1.48. The Morgan fingerprint density at radius 2 is 1.33 bits per heavy atom. The minimum atomic E-state index is -1.47. The van der Waals surface area contributed by atoms with E-state index in [1.54, 1.807) is 42.1 Å². The van der Waals surface area contributed by atoms with Gasteiger partial charge >= 0.3 is 11.9 Å². The predicted molar refractivity (Wildman–Crippen MR) is 287 cm³/mol. The van der Waals surface area contributed by atoms with Crippen LogP contribution in [0, 0.1) is 13.8 Å². The number of imide groups is 1. The number of esters is 1. The Hall–Kier alpha value is -10.6. The maximum absolute atomic E-state index is 13.8. The number of aryl methyl sites for hydroxylation is 4. The third kappa shape index (κ3) is 14.8. The highest BCUT2D eigenvalue weighted by Crippen LogP contribution is 2.32. The number of fused-ring (bicyclic) bond motifs is 2. The van der Waals surface area contributed by atoms with Crippen LogP contribution < -0.4 is 42.8 Å². The fraction of sp³-hybridized carbons (Fsp3) is 0.346. The van der Waals surface area contributed by atoms with Crippen molar-refractivity contribution >= 4 is 99.2 Å². The minimum Gasteiger partial charge on any atom is -0.491 e. The first kappa shape index (κ1) is 60.0. The monoisotopic (exact) mass is 1150 g/mol. The first-order valence-corrected chi connectivity index (χ1v) is 25.7. The number of pyridine rings is 1. The van der Waals surface area contributed by atoms with Gasteiger partial charge in [-0.3, -0.25) is 68.0 Å². The largest absolute Gasteiger partial charge is 0.491 e. The number of anilines is 2. The Morgan fingerprint density at radius 1 is 0.747 bits per heavy atom. The Bertz CT molecular complexity index is 3630. The lowest BCUT2D eigenvalue weighted by Gasteiger charge is -2.20. The molecule has 0 fully saturated rings. The van der Waals surface area contributed by atoms with Crippen molar-refractivity contribution in [3.8, 4) is 5.75 Å². The number of benzene rings is 1. The van der Waals surface area contributed by atoms with Gasteiger partial charge in [-0.05, 0) is 44.4 Å². The molecule has 1 aliphatic heterocycles. The van der Waals surface area contributed by atoms with Gasteiger partial charge in [-0.15, -0.1) is 0 Å². The molecule has 31 heteroatoms. The summed E-state index contributed by atoms with van der Waals surface area (Å²) in [5.41, 5.74) is 13.1. The summed E-state index contributed by atoms with van der Waals surface area (Å²) in [7, 11) is 0. The van der Waals surface area contributed by atoms with Gasteiger partial charge in [0.05, 0.1) is 42.2 Å². The number of oxazole rings is 2. The third-order valence-corrected chi connectivity index (χ3v) is 12.3. The van der Waals surface area contributed by atoms with Crippen LogP contribution in [-0.4, -0.2) is 148 Å². The highest BCUT2D eigenvalue weighted by Gasteiger charge is 2.30. The van der Waals surface area contributed by atoms with Gasteiger partial charge in [0.2, 0.25) is 53.0 Å². The molecule has 0 saturated heterocycles. The molecule has 436 valence electrons. The standard InChI is InChI=1S/C52H57N15O16/c1-6-30-42(82-26(4)58-30)48(77)63-51-61-33-19-28(44(53)74)21-35(41(33)65(51)15-8-9-16-66-46-34(20-29(22-55-46)45(54)75)62-52(66)64-49(78)43-31(7-2)59-27(5)83-43)80-17-10-18-81-50(79)25(3)57-36(68)23-56-47(76)32(11-14-40(72)73)60-37(69)24-67-38(70)12-13-39(67)71/h8-9,12-13,19-22,25,32H,6-7,10-11,14-18,23-24H2,1-5H3,(H2,53,74)(H2,54,75)(H,56,76)(H,57,68)(H,60,69)(H,72,73)(H,61,63,77)(H,62,64,78)/b9-8+/t25-,32+/m1/s1. The van der Waals surface area contributed by atoms with Crippen LogP contribution in [0.1, 0.15) is 105 Å². The Labute approximate surface area is 469 Å². The lowest BCUT2D eigenvalue weighted by Crippen LogP contribution is -2.52. The summed E-state index contributed by atoms with van der Waals surface area (Å²) >= 11 is 0. The van der Waals surface area contributed by atoms with Crippen LogP contribution in [0.5, 0.6) is 5.75 Å². The quantitative estimate of drug-likeness (QED) is 0.0145. The number of ether oxygens (including phenoxy) is 2. The first-order chi connectivity index (χ1) is 39.5. The number of allylic oxidation sites excluding steroid dienone is 2. The zero-order valence-electron chi connectivity index (χ0n) is 45.4. The maximum Gasteiger partial charge on any atom is 0.328 e. The van der Waals surface area contributed by atoms with E-state index in [1.165, 1.54) is 31.3 Å². The summed E-state index contributed by atoms with van der Waals surface area (Å²) in [5.74, 6) is -8.81. The second-order valence-corrected chi connectivity index (χ2v) is 18.4. The van der Waals surface area contributed by atoms with Crippen molar-refractivity contribution < 1.29 is 76.2 Å². The molecule has 0 saturated carbocycles. The van der Waals surface area contributed by atoms with Gasteiger partial charge in [0, 0.05) is 63.7 Å². The highest BCUT2D eigenvalue weighted by molar-refractivity contribution is 6.14. The fourth-order valence-electron chi connectivity index (χ4n) is 8.31. The lowest BCUT2D eigenvalue weighted by molar-refractivity contribution is -0.147. The average molecular weight is 1150 g/mol. The van der Waals surface area contributed by atoms with Crippen LogP contribution in [0.4, 0.5) is 11.9 Å². The lowest BCUT2D eigenvalue weighted by atomic mass is 10.1. The topological polar surface area (TPSA) is 442 Å². The molecule has 0 unspecified atom stereocenters. The van der Waals surface area contributed by atoms with Crippen molar-refractivity contribution in [3.63, 3.8) is 0 Å². The number of hydrogen-bond donors (Lipinski definition) is 8. The number of imidazole rings is 2. The second kappa shape index (κ2) is 26.6. The summed E-state index contributed by atoms with van der Waals surface area (Å²) in [6.07, 6.45) is 6.43. The van der Waals surface area contributed by atoms with Crippen LogP contribution in [0.25, 0.3) is 22.2 Å². The van der Waals surface area contributed by atoms with Gasteiger partial charge < -0.3 is 55.4 Å². The molecule has 9 amide bonds. The smallest absolute Gasteiger partial charge is 0.328 e. The number of aliphatic carboxylic acids is 1. The average Bonchev–Trinajstić information content (AvgIpc) is 2.89. The van der Waals surface area contributed by atoms with Gasteiger partial charge in [0.15, 0.2) is 17.4 Å². The predicted octanol–water partition coefficient (Wildman–Crippen LogP) is 0.665. The van der Waals surface area contributed by atoms with E-state index >= 15 is 0 Å². The number of carbonyl (C=O) groups excluding carboxylic acids is 10. The molecule has 0 bridgehead atoms. The number of nitrogens with zero attached hydrogens (tertiary/aromatic N) is 8. The summed E-state index contributed by atoms with van der Waals surface area (Å²) in [6.45, 7) is 6.27. The molecule has 6 aromatic rings.